The van der Waals surface area contributed by atoms with Crippen LogP contribution >= 0.6 is 35.0 Å². The molecule has 0 bridgehead atoms. The van der Waals surface area contributed by atoms with Crippen LogP contribution < -0.4 is 5.32 Å². The maximum absolute atomic E-state index is 13.3. The number of hydrogen-bond acceptors (Lipinski definition) is 3. The maximum Gasteiger partial charge on any atom is 0.243 e. The summed E-state index contributed by atoms with van der Waals surface area (Å²) in [7, 11) is 0. The molecule has 2 rings (SSSR count). The Balaban J connectivity index is 2.16. The van der Waals surface area contributed by atoms with Gasteiger partial charge in [-0.15, -0.1) is 11.8 Å². The van der Waals surface area contributed by atoms with Gasteiger partial charge in [-0.1, -0.05) is 55.2 Å². The summed E-state index contributed by atoms with van der Waals surface area (Å²) < 4.78 is 13.3. The fourth-order valence-electron chi connectivity index (χ4n) is 3.14. The second-order valence-corrected chi connectivity index (χ2v) is 9.38. The second-order valence-electron chi connectivity index (χ2n) is 7.58. The predicted octanol–water partition coefficient (Wildman–Crippen LogP) is 6.09. The molecule has 0 radical (unpaired) electrons. The van der Waals surface area contributed by atoms with E-state index in [1.165, 1.54) is 23.9 Å². The van der Waals surface area contributed by atoms with Crippen LogP contribution in [0.1, 0.15) is 44.7 Å². The molecule has 0 fully saturated rings. The number of nitrogens with one attached hydrogen (secondary N) is 1. The number of carbonyl (C=O) groups excluding carboxylic acids is 2. The minimum atomic E-state index is -0.619. The molecule has 0 aromatic heterocycles. The van der Waals surface area contributed by atoms with E-state index in [0.29, 0.717) is 22.2 Å². The van der Waals surface area contributed by atoms with E-state index in [-0.39, 0.29) is 36.0 Å². The summed E-state index contributed by atoms with van der Waals surface area (Å²) in [5, 5.41) is 4.08. The minimum Gasteiger partial charge on any atom is -0.352 e. The minimum absolute atomic E-state index is 0.0102. The van der Waals surface area contributed by atoms with Gasteiger partial charge in [0.15, 0.2) is 0 Å². The molecule has 2 amide bonds. The van der Waals surface area contributed by atoms with Gasteiger partial charge in [0.25, 0.3) is 0 Å². The van der Waals surface area contributed by atoms with Crippen molar-refractivity contribution in [2.45, 2.75) is 58.0 Å². The molecule has 8 heteroatoms. The number of hydrogen-bond donors (Lipinski definition) is 1. The van der Waals surface area contributed by atoms with Gasteiger partial charge in [-0.2, -0.15) is 0 Å². The Morgan fingerprint density at radius 2 is 1.69 bits per heavy atom. The Morgan fingerprint density at radius 1 is 1.06 bits per heavy atom. The van der Waals surface area contributed by atoms with Gasteiger partial charge in [-0.05, 0) is 55.2 Å². The van der Waals surface area contributed by atoms with Crippen LogP contribution in [-0.2, 0) is 21.9 Å². The van der Waals surface area contributed by atoms with Gasteiger partial charge in [0.05, 0.1) is 5.75 Å². The van der Waals surface area contributed by atoms with E-state index in [9.17, 15) is 14.0 Å². The molecule has 0 unspecified atom stereocenters. The van der Waals surface area contributed by atoms with Gasteiger partial charge in [0.2, 0.25) is 11.8 Å². The molecule has 2 aromatic carbocycles. The number of amides is 2. The highest BCUT2D eigenvalue weighted by Crippen LogP contribution is 2.28. The highest BCUT2D eigenvalue weighted by atomic mass is 35.5. The summed E-state index contributed by atoms with van der Waals surface area (Å²) in [6, 6.07) is 10.7. The lowest BCUT2D eigenvalue weighted by Crippen LogP contribution is -2.51. The summed E-state index contributed by atoms with van der Waals surface area (Å²) >= 11 is 13.8. The van der Waals surface area contributed by atoms with Gasteiger partial charge in [-0.3, -0.25) is 9.59 Å². The third-order valence-corrected chi connectivity index (χ3v) is 6.84. The Labute approximate surface area is 203 Å². The fraction of sp³-hybridized carbons (Fsp3) is 0.417. The van der Waals surface area contributed by atoms with Gasteiger partial charge in [-0.25, -0.2) is 4.39 Å². The van der Waals surface area contributed by atoms with E-state index in [4.69, 9.17) is 23.2 Å². The maximum atomic E-state index is 13.3. The summed E-state index contributed by atoms with van der Waals surface area (Å²) in [5.74, 6) is -0.0640. The van der Waals surface area contributed by atoms with Crippen LogP contribution in [0.3, 0.4) is 0 Å². The topological polar surface area (TPSA) is 49.4 Å². The zero-order valence-electron chi connectivity index (χ0n) is 18.5. The van der Waals surface area contributed by atoms with Crippen LogP contribution in [-0.4, -0.2) is 34.6 Å². The third-order valence-electron chi connectivity index (χ3n) is 5.19. The number of carbonyl (C=O) groups is 2. The van der Waals surface area contributed by atoms with Crippen molar-refractivity contribution in [3.8, 4) is 0 Å². The molecule has 0 aliphatic rings. The third kappa shape index (κ3) is 7.68. The van der Waals surface area contributed by atoms with E-state index in [2.05, 4.69) is 5.32 Å². The number of benzene rings is 2. The molecule has 0 spiro atoms. The van der Waals surface area contributed by atoms with Crippen molar-refractivity contribution in [1.82, 2.24) is 10.2 Å². The van der Waals surface area contributed by atoms with E-state index in [1.54, 1.807) is 35.2 Å². The Bertz CT molecular complexity index is 891. The van der Waals surface area contributed by atoms with Crippen molar-refractivity contribution in [1.29, 1.82) is 0 Å². The Hall–Kier alpha value is -1.76. The van der Waals surface area contributed by atoms with Crippen molar-refractivity contribution in [3.63, 3.8) is 0 Å². The van der Waals surface area contributed by atoms with Crippen LogP contribution in [0.5, 0.6) is 0 Å². The SMILES string of the molecule is CC[C@H](C)NC(=O)[C@H](CC)N(Cc1ccc(F)cc1)C(=O)CSCc1c(Cl)cccc1Cl. The van der Waals surface area contributed by atoms with Gasteiger partial charge in [0.1, 0.15) is 11.9 Å². The van der Waals surface area contributed by atoms with Crippen LogP contribution in [0.25, 0.3) is 0 Å². The number of thioether (sulfide) groups is 1. The molecule has 174 valence electrons. The fourth-order valence-corrected chi connectivity index (χ4v) is 4.79. The van der Waals surface area contributed by atoms with Crippen LogP contribution in [0.15, 0.2) is 42.5 Å². The number of halogens is 3. The molecular weight excluding hydrogens is 470 g/mol. The average Bonchev–Trinajstić information content (AvgIpc) is 2.76. The zero-order valence-corrected chi connectivity index (χ0v) is 20.9. The van der Waals surface area contributed by atoms with Crippen molar-refractivity contribution in [2.24, 2.45) is 0 Å². The quantitative estimate of drug-likeness (QED) is 0.407. The highest BCUT2D eigenvalue weighted by molar-refractivity contribution is 7.99. The average molecular weight is 499 g/mol. The lowest BCUT2D eigenvalue weighted by atomic mass is 10.1. The molecule has 32 heavy (non-hydrogen) atoms. The Kier molecular flexibility index (Phi) is 10.8. The zero-order chi connectivity index (χ0) is 23.7. The standard InChI is InChI=1S/C24H29Cl2FN2O2S/c1-4-16(3)28-24(31)22(5-2)29(13-17-9-11-18(27)12-10-17)23(30)15-32-14-19-20(25)7-6-8-21(19)26/h6-12,16,22H,4-5,13-15H2,1-3H3,(H,28,31)/t16-,22-/m0/s1. The molecule has 4 nitrogen and oxygen atoms in total. The highest BCUT2D eigenvalue weighted by Gasteiger charge is 2.29. The van der Waals surface area contributed by atoms with Crippen molar-refractivity contribution in [3.05, 3.63) is 69.5 Å². The van der Waals surface area contributed by atoms with Crippen molar-refractivity contribution in [2.75, 3.05) is 5.75 Å². The summed E-state index contributed by atoms with van der Waals surface area (Å²) in [5.41, 5.74) is 1.54. The first-order chi connectivity index (χ1) is 15.3. The van der Waals surface area contributed by atoms with Gasteiger partial charge < -0.3 is 10.2 Å². The lowest BCUT2D eigenvalue weighted by Gasteiger charge is -2.31. The molecule has 0 saturated heterocycles. The van der Waals surface area contributed by atoms with Crippen LogP contribution in [0.4, 0.5) is 4.39 Å². The van der Waals surface area contributed by atoms with Crippen molar-refractivity contribution >= 4 is 46.8 Å². The van der Waals surface area contributed by atoms with Gasteiger partial charge >= 0.3 is 0 Å². The van der Waals surface area contributed by atoms with Crippen LogP contribution in [0, 0.1) is 5.82 Å². The van der Waals surface area contributed by atoms with E-state index in [1.807, 2.05) is 20.8 Å². The monoisotopic (exact) mass is 498 g/mol. The number of rotatable bonds is 11. The smallest absolute Gasteiger partial charge is 0.243 e. The van der Waals surface area contributed by atoms with Gasteiger partial charge in [0, 0.05) is 28.4 Å². The molecule has 0 aliphatic heterocycles. The molecule has 0 saturated carbocycles. The molecule has 2 aromatic rings. The largest absolute Gasteiger partial charge is 0.352 e. The molecule has 2 atom stereocenters. The molecule has 0 aliphatic carbocycles. The first kappa shape index (κ1) is 26.5. The molecular formula is C24H29Cl2FN2O2S. The first-order valence-electron chi connectivity index (χ1n) is 10.6. The molecule has 1 N–H and O–H groups in total. The number of nitrogens with zero attached hydrogens (tertiary/aromatic N) is 1. The second kappa shape index (κ2) is 13.1. The summed E-state index contributed by atoms with van der Waals surface area (Å²) in [6.07, 6.45) is 1.26. The Morgan fingerprint density at radius 3 is 2.25 bits per heavy atom. The summed E-state index contributed by atoms with van der Waals surface area (Å²) in [4.78, 5) is 27.7. The lowest BCUT2D eigenvalue weighted by molar-refractivity contribution is -0.139. The van der Waals surface area contributed by atoms with E-state index in [0.717, 1.165) is 17.5 Å². The summed E-state index contributed by atoms with van der Waals surface area (Å²) in [6.45, 7) is 6.02. The molecule has 0 heterocycles. The normalized spacial score (nSPS) is 12.8. The van der Waals surface area contributed by atoms with E-state index >= 15 is 0 Å². The van der Waals surface area contributed by atoms with Crippen LogP contribution in [0.2, 0.25) is 10.0 Å². The van der Waals surface area contributed by atoms with Crippen molar-refractivity contribution < 1.29 is 14.0 Å². The first-order valence-corrected chi connectivity index (χ1v) is 12.5. The predicted molar refractivity (Wildman–Crippen MR) is 132 cm³/mol. The van der Waals surface area contributed by atoms with E-state index < -0.39 is 6.04 Å².